The van der Waals surface area contributed by atoms with Crippen molar-refractivity contribution in [2.24, 2.45) is 11.8 Å². The van der Waals surface area contributed by atoms with Crippen molar-refractivity contribution in [1.82, 2.24) is 16.0 Å². The number of esters is 2. The minimum atomic E-state index is -1.68. The summed E-state index contributed by atoms with van der Waals surface area (Å²) in [6.45, 7) is 1.26. The van der Waals surface area contributed by atoms with Gasteiger partial charge < -0.3 is 30.5 Å². The van der Waals surface area contributed by atoms with Gasteiger partial charge in [0.15, 0.2) is 5.92 Å². The number of carboxylic acids is 1. The number of piperazine rings is 1. The van der Waals surface area contributed by atoms with Gasteiger partial charge in [0.05, 0.1) is 20.6 Å². The molecule has 0 aliphatic carbocycles. The first-order valence-electron chi connectivity index (χ1n) is 10.4. The fourth-order valence-corrected chi connectivity index (χ4v) is 3.62. The SMILES string of the molecule is COC(=O)C(C(=O)OC)[C@H](C)[C@H](NC(=O)C[C@@H]1NC(=O)[C@H](Cc2ccccc2)NC1=O)C(=O)O. The minimum absolute atomic E-state index is 0.262. The molecule has 12 nitrogen and oxygen atoms in total. The molecular formula is C22H27N3O9. The number of carboxylic acid groups (broad SMARTS) is 1. The van der Waals surface area contributed by atoms with Crippen LogP contribution in [0.5, 0.6) is 0 Å². The minimum Gasteiger partial charge on any atom is -0.480 e. The number of benzene rings is 1. The largest absolute Gasteiger partial charge is 0.480 e. The van der Waals surface area contributed by atoms with E-state index in [2.05, 4.69) is 25.4 Å². The Hall–Kier alpha value is -3.96. The fraction of sp³-hybridized carbons (Fsp3) is 0.455. The van der Waals surface area contributed by atoms with Crippen LogP contribution in [-0.4, -0.2) is 73.1 Å². The Bertz CT molecular complexity index is 934. The molecule has 184 valence electrons. The highest BCUT2D eigenvalue weighted by Crippen LogP contribution is 2.20. The van der Waals surface area contributed by atoms with Crippen molar-refractivity contribution in [3.8, 4) is 0 Å². The third kappa shape index (κ3) is 6.53. The van der Waals surface area contributed by atoms with Crippen molar-refractivity contribution >= 4 is 35.6 Å². The number of carbonyl (C=O) groups excluding carboxylic acids is 5. The Morgan fingerprint density at radius 2 is 1.50 bits per heavy atom. The Morgan fingerprint density at radius 3 is 2.03 bits per heavy atom. The van der Waals surface area contributed by atoms with E-state index in [1.54, 1.807) is 12.1 Å². The summed E-state index contributed by atoms with van der Waals surface area (Å²) in [6, 6.07) is 5.32. The summed E-state index contributed by atoms with van der Waals surface area (Å²) in [7, 11) is 2.05. The Balaban J connectivity index is 2.04. The highest BCUT2D eigenvalue weighted by molar-refractivity contribution is 6.00. The van der Waals surface area contributed by atoms with Crippen LogP contribution in [0.3, 0.4) is 0 Å². The molecule has 1 saturated heterocycles. The molecule has 0 aromatic heterocycles. The zero-order valence-corrected chi connectivity index (χ0v) is 18.9. The van der Waals surface area contributed by atoms with Gasteiger partial charge in [-0.2, -0.15) is 0 Å². The number of hydrogen-bond donors (Lipinski definition) is 4. The molecule has 0 saturated carbocycles. The molecule has 1 aromatic rings. The first kappa shape index (κ1) is 26.3. The van der Waals surface area contributed by atoms with E-state index in [0.29, 0.717) is 0 Å². The van der Waals surface area contributed by atoms with Crippen molar-refractivity contribution in [1.29, 1.82) is 0 Å². The predicted molar refractivity (Wildman–Crippen MR) is 115 cm³/mol. The average Bonchev–Trinajstić information content (AvgIpc) is 2.80. The standard InChI is InChI=1S/C22H27N3O9/c1-11(16(21(31)33-2)22(32)34-3)17(20(29)30)25-15(26)10-14-19(28)23-13(18(27)24-14)9-12-7-5-4-6-8-12/h4-8,11,13-14,16-17H,9-10H2,1-3H3,(H,23,28)(H,24,27)(H,25,26)(H,29,30)/t11-,13-,14-,17-/m0/s1. The maximum Gasteiger partial charge on any atom is 0.326 e. The van der Waals surface area contributed by atoms with Gasteiger partial charge in [0.25, 0.3) is 0 Å². The first-order valence-corrected chi connectivity index (χ1v) is 10.4. The van der Waals surface area contributed by atoms with E-state index in [-0.39, 0.29) is 6.42 Å². The summed E-state index contributed by atoms with van der Waals surface area (Å²) < 4.78 is 9.09. The van der Waals surface area contributed by atoms with Crippen molar-refractivity contribution in [2.45, 2.75) is 37.9 Å². The monoisotopic (exact) mass is 477 g/mol. The van der Waals surface area contributed by atoms with Crippen LogP contribution in [0, 0.1) is 11.8 Å². The van der Waals surface area contributed by atoms with Gasteiger partial charge in [0.2, 0.25) is 17.7 Å². The smallest absolute Gasteiger partial charge is 0.326 e. The number of nitrogens with one attached hydrogen (secondary N) is 3. The predicted octanol–water partition coefficient (Wildman–Crippen LogP) is -1.23. The van der Waals surface area contributed by atoms with Crippen LogP contribution in [0.4, 0.5) is 0 Å². The number of rotatable bonds is 10. The normalized spacial score (nSPS) is 19.3. The van der Waals surface area contributed by atoms with Gasteiger partial charge in [-0.25, -0.2) is 4.79 Å². The Morgan fingerprint density at radius 1 is 0.971 bits per heavy atom. The highest BCUT2D eigenvalue weighted by Gasteiger charge is 2.42. The zero-order chi connectivity index (χ0) is 25.4. The Labute approximate surface area is 195 Å². The van der Waals surface area contributed by atoms with E-state index in [1.165, 1.54) is 6.92 Å². The van der Waals surface area contributed by atoms with E-state index in [0.717, 1.165) is 19.8 Å². The quantitative estimate of drug-likeness (QED) is 0.237. The van der Waals surface area contributed by atoms with E-state index < -0.39 is 72.0 Å². The summed E-state index contributed by atoms with van der Waals surface area (Å²) in [5.41, 5.74) is 0.836. The molecule has 4 atom stereocenters. The summed E-state index contributed by atoms with van der Waals surface area (Å²) in [5, 5.41) is 16.8. The number of amides is 3. The molecule has 1 heterocycles. The van der Waals surface area contributed by atoms with E-state index >= 15 is 0 Å². The van der Waals surface area contributed by atoms with Gasteiger partial charge in [0, 0.05) is 12.3 Å². The molecule has 1 aromatic carbocycles. The molecule has 12 heteroatoms. The molecule has 3 amide bonds. The molecule has 4 N–H and O–H groups in total. The molecule has 0 unspecified atom stereocenters. The van der Waals surface area contributed by atoms with Crippen molar-refractivity contribution in [2.75, 3.05) is 14.2 Å². The number of methoxy groups -OCH3 is 2. The topological polar surface area (TPSA) is 177 Å². The third-order valence-corrected chi connectivity index (χ3v) is 5.48. The number of aliphatic carboxylic acids is 1. The summed E-state index contributed by atoms with van der Waals surface area (Å²) in [4.78, 5) is 73.1. The highest BCUT2D eigenvalue weighted by atomic mass is 16.5. The maximum absolute atomic E-state index is 12.5. The summed E-state index contributed by atoms with van der Waals surface area (Å²) in [5.74, 6) is -8.38. The van der Waals surface area contributed by atoms with Crippen LogP contribution in [0.2, 0.25) is 0 Å². The van der Waals surface area contributed by atoms with Gasteiger partial charge in [-0.15, -0.1) is 0 Å². The number of carbonyl (C=O) groups is 6. The average molecular weight is 477 g/mol. The molecule has 1 aliphatic rings. The van der Waals surface area contributed by atoms with E-state index in [1.807, 2.05) is 18.2 Å². The van der Waals surface area contributed by atoms with Crippen LogP contribution >= 0.6 is 0 Å². The molecule has 1 aliphatic heterocycles. The first-order chi connectivity index (χ1) is 16.1. The van der Waals surface area contributed by atoms with E-state index in [9.17, 15) is 33.9 Å². The van der Waals surface area contributed by atoms with Crippen molar-refractivity contribution in [3.63, 3.8) is 0 Å². The lowest BCUT2D eigenvalue weighted by Crippen LogP contribution is -2.63. The van der Waals surface area contributed by atoms with Gasteiger partial charge in [-0.05, 0) is 5.56 Å². The van der Waals surface area contributed by atoms with Gasteiger partial charge in [0.1, 0.15) is 18.1 Å². The molecular weight excluding hydrogens is 450 g/mol. The van der Waals surface area contributed by atoms with Crippen LogP contribution < -0.4 is 16.0 Å². The van der Waals surface area contributed by atoms with Crippen molar-refractivity contribution < 1.29 is 43.3 Å². The summed E-state index contributed by atoms with van der Waals surface area (Å²) in [6.07, 6.45) is -0.286. The van der Waals surface area contributed by atoms with Gasteiger partial charge in [-0.1, -0.05) is 37.3 Å². The second kappa shape index (κ2) is 11.8. The molecule has 0 bridgehead atoms. The Kier molecular flexibility index (Phi) is 9.10. The molecule has 2 rings (SSSR count). The van der Waals surface area contributed by atoms with E-state index in [4.69, 9.17) is 0 Å². The van der Waals surface area contributed by atoms with Gasteiger partial charge >= 0.3 is 17.9 Å². The van der Waals surface area contributed by atoms with Crippen LogP contribution in [0.25, 0.3) is 0 Å². The van der Waals surface area contributed by atoms with Crippen LogP contribution in [0.1, 0.15) is 18.9 Å². The molecule has 1 fully saturated rings. The molecule has 34 heavy (non-hydrogen) atoms. The zero-order valence-electron chi connectivity index (χ0n) is 18.9. The lowest BCUT2D eigenvalue weighted by molar-refractivity contribution is -0.163. The molecule has 0 radical (unpaired) electrons. The maximum atomic E-state index is 12.5. The second-order valence-electron chi connectivity index (χ2n) is 7.78. The third-order valence-electron chi connectivity index (χ3n) is 5.48. The van der Waals surface area contributed by atoms with Crippen LogP contribution in [-0.2, 0) is 44.7 Å². The van der Waals surface area contributed by atoms with Crippen molar-refractivity contribution in [3.05, 3.63) is 35.9 Å². The fourth-order valence-electron chi connectivity index (χ4n) is 3.62. The lowest BCUT2D eigenvalue weighted by atomic mass is 9.87. The summed E-state index contributed by atoms with van der Waals surface area (Å²) >= 11 is 0. The second-order valence-corrected chi connectivity index (χ2v) is 7.78. The van der Waals surface area contributed by atoms with Crippen LogP contribution in [0.15, 0.2) is 30.3 Å². The number of ether oxygens (including phenoxy) is 2. The lowest BCUT2D eigenvalue weighted by Gasteiger charge is -2.30. The number of hydrogen-bond acceptors (Lipinski definition) is 8. The van der Waals surface area contributed by atoms with Gasteiger partial charge in [-0.3, -0.25) is 24.0 Å². The molecule has 0 spiro atoms.